The van der Waals surface area contributed by atoms with E-state index in [9.17, 15) is 0 Å². The van der Waals surface area contributed by atoms with E-state index in [0.717, 1.165) is 5.69 Å². The molecule has 1 heteroatoms. The summed E-state index contributed by atoms with van der Waals surface area (Å²) in [5.74, 6) is 0. The van der Waals surface area contributed by atoms with E-state index in [2.05, 4.69) is 182 Å². The molecular weight excluding hydrogens is 518 g/mol. The first kappa shape index (κ1) is 26.5. The van der Waals surface area contributed by atoms with Crippen molar-refractivity contribution in [2.75, 3.05) is 0 Å². The molecule has 6 aromatic carbocycles. The smallest absolute Gasteiger partial charge is 0.0541 e. The van der Waals surface area contributed by atoms with Crippen LogP contribution in [0, 0.1) is 6.92 Å². The number of rotatable bonds is 6. The molecule has 0 spiro atoms. The van der Waals surface area contributed by atoms with Crippen molar-refractivity contribution in [3.8, 4) is 39.2 Å². The highest BCUT2D eigenvalue weighted by Crippen LogP contribution is 2.35. The average Bonchev–Trinajstić information content (AvgIpc) is 3.46. The highest BCUT2D eigenvalue weighted by Gasteiger charge is 2.14. The first-order chi connectivity index (χ1) is 21.1. The maximum absolute atomic E-state index is 2.40. The van der Waals surface area contributed by atoms with E-state index >= 15 is 0 Å². The van der Waals surface area contributed by atoms with Gasteiger partial charge in [-0.1, -0.05) is 140 Å². The Morgan fingerprint density at radius 2 is 1.07 bits per heavy atom. The molecule has 0 N–H and O–H groups in total. The molecular formula is C42H33N. The molecule has 1 heterocycles. The fourth-order valence-corrected chi connectivity index (χ4v) is 5.95. The highest BCUT2D eigenvalue weighted by molar-refractivity contribution is 5.93. The second-order valence-corrected chi connectivity index (χ2v) is 11.2. The van der Waals surface area contributed by atoms with Crippen LogP contribution in [0.15, 0.2) is 158 Å². The molecule has 0 bridgehead atoms. The van der Waals surface area contributed by atoms with Crippen LogP contribution in [-0.2, 0) is 0 Å². The normalized spacial score (nSPS) is 11.6. The van der Waals surface area contributed by atoms with E-state index < -0.39 is 0 Å². The number of fused-ring (bicyclic) bond motifs is 1. The van der Waals surface area contributed by atoms with Crippen LogP contribution < -0.4 is 0 Å². The molecule has 0 saturated carbocycles. The molecule has 0 aliphatic rings. The molecule has 0 radical (unpaired) electrons. The summed E-state index contributed by atoms with van der Waals surface area (Å²) in [5, 5.41) is 1.23. The van der Waals surface area contributed by atoms with Gasteiger partial charge in [0.05, 0.1) is 11.2 Å². The number of aryl methyl sites for hydroxylation is 1. The first-order valence-electron chi connectivity index (χ1n) is 14.9. The summed E-state index contributed by atoms with van der Waals surface area (Å²) in [6, 6.07) is 56.7. The van der Waals surface area contributed by atoms with Crippen LogP contribution in [0.5, 0.6) is 0 Å². The lowest BCUT2D eigenvalue weighted by Crippen LogP contribution is -1.97. The fraction of sp³-hybridized carbons (Fsp3) is 0.0476. The monoisotopic (exact) mass is 551 g/mol. The van der Waals surface area contributed by atoms with Crippen molar-refractivity contribution in [2.45, 2.75) is 13.8 Å². The van der Waals surface area contributed by atoms with Gasteiger partial charge in [0, 0.05) is 11.1 Å². The number of nitrogens with zero attached hydrogens (tertiary/aromatic N) is 1. The molecule has 0 aliphatic carbocycles. The molecule has 0 unspecified atom stereocenters. The van der Waals surface area contributed by atoms with Crippen molar-refractivity contribution in [1.82, 2.24) is 4.57 Å². The average molecular weight is 552 g/mol. The molecule has 7 rings (SSSR count). The number of hydrogen-bond donors (Lipinski definition) is 0. The summed E-state index contributed by atoms with van der Waals surface area (Å²) in [7, 11) is 0. The molecule has 206 valence electrons. The summed E-state index contributed by atoms with van der Waals surface area (Å²) in [6.07, 6.45) is 2.29. The van der Waals surface area contributed by atoms with Gasteiger partial charge < -0.3 is 4.57 Å². The standard InChI is InChI=1S/C42H33N/c1-30(32-12-6-3-7-13-32)26-36-18-19-37(27-31(36)2)38-20-21-39-29-41(35-16-10-5-11-17-35)43(42(39)28-38)40-24-22-34(23-25-40)33-14-8-4-9-15-33/h3-29H,1-2H3/b30-26+. The van der Waals surface area contributed by atoms with E-state index in [0.29, 0.717) is 0 Å². The van der Waals surface area contributed by atoms with Crippen LogP contribution in [0.25, 0.3) is 61.8 Å². The van der Waals surface area contributed by atoms with E-state index in [4.69, 9.17) is 0 Å². The first-order valence-corrected chi connectivity index (χ1v) is 14.9. The molecule has 0 atom stereocenters. The maximum atomic E-state index is 2.40. The summed E-state index contributed by atoms with van der Waals surface area (Å²) < 4.78 is 2.40. The molecule has 1 nitrogen and oxygen atoms in total. The van der Waals surface area contributed by atoms with Gasteiger partial charge in [-0.3, -0.25) is 0 Å². The molecule has 0 amide bonds. The molecule has 43 heavy (non-hydrogen) atoms. The Balaban J connectivity index is 1.31. The quantitative estimate of drug-likeness (QED) is 0.181. The van der Waals surface area contributed by atoms with Gasteiger partial charge in [0.1, 0.15) is 0 Å². The van der Waals surface area contributed by atoms with Gasteiger partial charge in [-0.25, -0.2) is 0 Å². The minimum Gasteiger partial charge on any atom is -0.309 e. The summed E-state index contributed by atoms with van der Waals surface area (Å²) in [4.78, 5) is 0. The predicted octanol–water partition coefficient (Wildman–Crippen LogP) is 11.5. The van der Waals surface area contributed by atoms with Gasteiger partial charge in [0.2, 0.25) is 0 Å². The van der Waals surface area contributed by atoms with Gasteiger partial charge in [-0.05, 0) is 88.2 Å². The van der Waals surface area contributed by atoms with Gasteiger partial charge >= 0.3 is 0 Å². The number of aromatic nitrogens is 1. The van der Waals surface area contributed by atoms with Crippen LogP contribution in [-0.4, -0.2) is 4.57 Å². The third-order valence-corrected chi connectivity index (χ3v) is 8.31. The zero-order chi connectivity index (χ0) is 29.2. The Morgan fingerprint density at radius 1 is 0.512 bits per heavy atom. The summed E-state index contributed by atoms with van der Waals surface area (Å²) >= 11 is 0. The molecule has 0 aliphatic heterocycles. The molecule has 0 saturated heterocycles. The van der Waals surface area contributed by atoms with E-state index in [1.165, 1.54) is 66.7 Å². The predicted molar refractivity (Wildman–Crippen MR) is 184 cm³/mol. The van der Waals surface area contributed by atoms with Crippen molar-refractivity contribution in [1.29, 1.82) is 0 Å². The second-order valence-electron chi connectivity index (χ2n) is 11.2. The minimum atomic E-state index is 1.15. The Labute approximate surface area is 254 Å². The number of hydrogen-bond acceptors (Lipinski definition) is 0. The molecule has 0 fully saturated rings. The van der Waals surface area contributed by atoms with Crippen molar-refractivity contribution < 1.29 is 0 Å². The van der Waals surface area contributed by atoms with Gasteiger partial charge in [-0.15, -0.1) is 0 Å². The summed E-state index contributed by atoms with van der Waals surface area (Å²) in [6.45, 7) is 4.39. The van der Waals surface area contributed by atoms with Crippen molar-refractivity contribution >= 4 is 22.6 Å². The summed E-state index contributed by atoms with van der Waals surface area (Å²) in [5.41, 5.74) is 14.7. The number of benzene rings is 6. The largest absolute Gasteiger partial charge is 0.309 e. The highest BCUT2D eigenvalue weighted by atomic mass is 15.0. The van der Waals surface area contributed by atoms with E-state index in [-0.39, 0.29) is 0 Å². The zero-order valence-corrected chi connectivity index (χ0v) is 24.5. The lowest BCUT2D eigenvalue weighted by atomic mass is 9.97. The van der Waals surface area contributed by atoms with Gasteiger partial charge in [0.25, 0.3) is 0 Å². The Kier molecular flexibility index (Phi) is 7.07. The van der Waals surface area contributed by atoms with Crippen molar-refractivity contribution in [3.05, 3.63) is 174 Å². The Morgan fingerprint density at radius 3 is 1.74 bits per heavy atom. The Bertz CT molecular complexity index is 2050. The third kappa shape index (κ3) is 5.34. The fourth-order valence-electron chi connectivity index (χ4n) is 5.95. The van der Waals surface area contributed by atoms with Crippen molar-refractivity contribution in [3.63, 3.8) is 0 Å². The van der Waals surface area contributed by atoms with E-state index in [1.807, 2.05) is 0 Å². The van der Waals surface area contributed by atoms with Crippen LogP contribution in [0.4, 0.5) is 0 Å². The zero-order valence-electron chi connectivity index (χ0n) is 24.5. The third-order valence-electron chi connectivity index (χ3n) is 8.31. The van der Waals surface area contributed by atoms with Crippen LogP contribution in [0.1, 0.15) is 23.6 Å². The van der Waals surface area contributed by atoms with Gasteiger partial charge in [0.15, 0.2) is 0 Å². The molecule has 7 aromatic rings. The topological polar surface area (TPSA) is 4.93 Å². The number of allylic oxidation sites excluding steroid dienone is 1. The van der Waals surface area contributed by atoms with Crippen LogP contribution in [0.2, 0.25) is 0 Å². The Hall–Kier alpha value is -5.40. The van der Waals surface area contributed by atoms with Crippen molar-refractivity contribution in [2.24, 2.45) is 0 Å². The molecule has 1 aromatic heterocycles. The lowest BCUT2D eigenvalue weighted by Gasteiger charge is -2.13. The lowest BCUT2D eigenvalue weighted by molar-refractivity contribution is 1.13. The maximum Gasteiger partial charge on any atom is 0.0541 e. The van der Waals surface area contributed by atoms with Gasteiger partial charge in [-0.2, -0.15) is 0 Å². The van der Waals surface area contributed by atoms with Crippen LogP contribution in [0.3, 0.4) is 0 Å². The second kappa shape index (κ2) is 11.5. The van der Waals surface area contributed by atoms with E-state index in [1.54, 1.807) is 0 Å². The van der Waals surface area contributed by atoms with Crippen LogP contribution >= 0.6 is 0 Å². The SMILES string of the molecule is C/C(=C\c1ccc(-c2ccc3cc(-c4ccccc4)n(-c4ccc(-c5ccccc5)cc4)c3c2)cc1C)c1ccccc1. The minimum absolute atomic E-state index is 1.15.